The Morgan fingerprint density at radius 1 is 0.972 bits per heavy atom. The molecule has 186 valence electrons. The minimum absolute atomic E-state index is 0.354. The molecular weight excluding hydrogens is 454 g/mol. The predicted octanol–water partition coefficient (Wildman–Crippen LogP) is 5.82. The Labute approximate surface area is 210 Å². The lowest BCUT2D eigenvalue weighted by molar-refractivity contribution is 0.0739. The molecule has 0 radical (unpaired) electrons. The van der Waals surface area contributed by atoms with Gasteiger partial charge in [-0.1, -0.05) is 0 Å². The molecule has 2 N–H and O–H groups in total. The SMILES string of the molecule is CC(C)(O)c1cc(Nc2ccc3c(Oc4cn(C5CC5)nc4C4CCOCC4)ccnc3c2)ccn1. The van der Waals surface area contributed by atoms with Crippen molar-refractivity contribution in [1.29, 1.82) is 0 Å². The van der Waals surface area contributed by atoms with Gasteiger partial charge in [-0.15, -0.1) is 0 Å². The minimum atomic E-state index is -1.01. The fourth-order valence-corrected chi connectivity index (χ4v) is 4.66. The van der Waals surface area contributed by atoms with Gasteiger partial charge in [-0.05, 0) is 75.9 Å². The van der Waals surface area contributed by atoms with Crippen molar-refractivity contribution in [2.45, 2.75) is 57.1 Å². The molecule has 0 unspecified atom stereocenters. The molecule has 0 atom stereocenters. The van der Waals surface area contributed by atoms with E-state index in [1.165, 1.54) is 12.8 Å². The van der Waals surface area contributed by atoms with Crippen LogP contribution in [0.25, 0.3) is 10.9 Å². The third kappa shape index (κ3) is 4.79. The standard InChI is InChI=1S/C28H31N5O3/c1-28(2,34)26-16-20(7-11-30-26)31-19-3-6-22-23(15-19)29-12-8-24(22)36-25-17-33(21-4-5-21)32-27(25)18-9-13-35-14-10-18/h3,6-8,11-12,15-18,21,34H,4-5,9-10,13-14H2,1-2H3,(H,30,31). The van der Waals surface area contributed by atoms with Gasteiger partial charge >= 0.3 is 0 Å². The van der Waals surface area contributed by atoms with E-state index in [-0.39, 0.29) is 0 Å². The molecule has 36 heavy (non-hydrogen) atoms. The monoisotopic (exact) mass is 485 g/mol. The van der Waals surface area contributed by atoms with Gasteiger partial charge in [0.1, 0.15) is 17.0 Å². The van der Waals surface area contributed by atoms with Crippen molar-refractivity contribution in [2.75, 3.05) is 18.5 Å². The maximum Gasteiger partial charge on any atom is 0.168 e. The number of benzene rings is 1. The molecule has 0 bridgehead atoms. The van der Waals surface area contributed by atoms with Gasteiger partial charge in [0.05, 0.1) is 23.4 Å². The molecule has 2 fully saturated rings. The summed E-state index contributed by atoms with van der Waals surface area (Å²) in [7, 11) is 0. The lowest BCUT2D eigenvalue weighted by Crippen LogP contribution is -2.17. The van der Waals surface area contributed by atoms with Crippen molar-refractivity contribution in [3.63, 3.8) is 0 Å². The predicted molar refractivity (Wildman–Crippen MR) is 138 cm³/mol. The summed E-state index contributed by atoms with van der Waals surface area (Å²) in [6.45, 7) is 4.98. The van der Waals surface area contributed by atoms with E-state index < -0.39 is 5.60 Å². The maximum absolute atomic E-state index is 10.3. The van der Waals surface area contributed by atoms with E-state index in [1.54, 1.807) is 26.2 Å². The first kappa shape index (κ1) is 22.9. The Morgan fingerprint density at radius 2 is 1.75 bits per heavy atom. The van der Waals surface area contributed by atoms with Crippen LogP contribution in [0.3, 0.4) is 0 Å². The second-order valence-corrected chi connectivity index (χ2v) is 10.2. The Kier molecular flexibility index (Phi) is 5.85. The average Bonchev–Trinajstić information content (AvgIpc) is 3.64. The summed E-state index contributed by atoms with van der Waals surface area (Å²) in [5, 5.41) is 19.6. The van der Waals surface area contributed by atoms with Crippen LogP contribution in [-0.2, 0) is 10.3 Å². The van der Waals surface area contributed by atoms with Crippen molar-refractivity contribution in [1.82, 2.24) is 19.7 Å². The Hall–Kier alpha value is -3.49. The number of anilines is 2. The van der Waals surface area contributed by atoms with E-state index in [0.717, 1.165) is 65.5 Å². The summed E-state index contributed by atoms with van der Waals surface area (Å²) in [4.78, 5) is 8.87. The molecule has 6 rings (SSSR count). The van der Waals surface area contributed by atoms with Crippen molar-refractivity contribution in [3.8, 4) is 11.5 Å². The van der Waals surface area contributed by atoms with Crippen LogP contribution < -0.4 is 10.1 Å². The molecule has 3 aromatic heterocycles. The molecule has 1 saturated heterocycles. The summed E-state index contributed by atoms with van der Waals surface area (Å²) in [6.07, 6.45) is 9.82. The number of aromatic nitrogens is 4. The highest BCUT2D eigenvalue weighted by molar-refractivity contribution is 5.88. The molecule has 0 amide bonds. The average molecular weight is 486 g/mol. The normalized spacial score (nSPS) is 16.9. The number of nitrogens with one attached hydrogen (secondary N) is 1. The van der Waals surface area contributed by atoms with Gasteiger partial charge in [0, 0.05) is 48.3 Å². The van der Waals surface area contributed by atoms with Gasteiger partial charge in [-0.2, -0.15) is 5.10 Å². The highest BCUT2D eigenvalue weighted by atomic mass is 16.5. The first-order chi connectivity index (χ1) is 17.4. The van der Waals surface area contributed by atoms with E-state index >= 15 is 0 Å². The maximum atomic E-state index is 10.3. The highest BCUT2D eigenvalue weighted by Gasteiger charge is 2.30. The number of pyridine rings is 2. The van der Waals surface area contributed by atoms with E-state index in [0.29, 0.717) is 17.7 Å². The third-order valence-corrected chi connectivity index (χ3v) is 6.85. The summed E-state index contributed by atoms with van der Waals surface area (Å²) < 4.78 is 14.2. The van der Waals surface area contributed by atoms with Crippen molar-refractivity contribution in [3.05, 3.63) is 66.4 Å². The number of hydrogen-bond donors (Lipinski definition) is 2. The molecule has 4 aromatic rings. The van der Waals surface area contributed by atoms with Gasteiger partial charge in [0.2, 0.25) is 0 Å². The van der Waals surface area contributed by atoms with Gasteiger partial charge in [-0.3, -0.25) is 14.6 Å². The summed E-state index contributed by atoms with van der Waals surface area (Å²) >= 11 is 0. The minimum Gasteiger partial charge on any atom is -0.453 e. The van der Waals surface area contributed by atoms with Crippen molar-refractivity contribution in [2.24, 2.45) is 0 Å². The lowest BCUT2D eigenvalue weighted by Gasteiger charge is -2.21. The van der Waals surface area contributed by atoms with Gasteiger partial charge in [-0.25, -0.2) is 0 Å². The van der Waals surface area contributed by atoms with Crippen LogP contribution in [0.4, 0.5) is 11.4 Å². The highest BCUT2D eigenvalue weighted by Crippen LogP contribution is 2.41. The number of ether oxygens (including phenoxy) is 2. The van der Waals surface area contributed by atoms with Crippen molar-refractivity contribution >= 4 is 22.3 Å². The molecular formula is C28H31N5O3. The second-order valence-electron chi connectivity index (χ2n) is 10.2. The molecule has 1 aromatic carbocycles. The van der Waals surface area contributed by atoms with Gasteiger partial charge < -0.3 is 19.9 Å². The van der Waals surface area contributed by atoms with Crippen LogP contribution in [0.15, 0.2) is 55.0 Å². The summed E-state index contributed by atoms with van der Waals surface area (Å²) in [5.74, 6) is 1.95. The molecule has 8 heteroatoms. The molecule has 1 saturated carbocycles. The Balaban J connectivity index is 1.28. The smallest absolute Gasteiger partial charge is 0.168 e. The zero-order valence-corrected chi connectivity index (χ0v) is 20.6. The van der Waals surface area contributed by atoms with Gasteiger partial charge in [0.15, 0.2) is 5.75 Å². The molecule has 8 nitrogen and oxygen atoms in total. The lowest BCUT2D eigenvalue weighted by atomic mass is 9.96. The molecule has 0 spiro atoms. The van der Waals surface area contributed by atoms with Crippen LogP contribution in [-0.4, -0.2) is 38.1 Å². The topological polar surface area (TPSA) is 94.3 Å². The zero-order chi connectivity index (χ0) is 24.7. The van der Waals surface area contributed by atoms with E-state index in [2.05, 4.69) is 26.2 Å². The molecule has 1 aliphatic carbocycles. The van der Waals surface area contributed by atoms with Crippen LogP contribution >= 0.6 is 0 Å². The quantitative estimate of drug-likeness (QED) is 0.341. The van der Waals surface area contributed by atoms with E-state index in [1.807, 2.05) is 36.4 Å². The second kappa shape index (κ2) is 9.19. The number of aliphatic hydroxyl groups is 1. The number of rotatable bonds is 7. The van der Waals surface area contributed by atoms with Crippen LogP contribution in [0, 0.1) is 0 Å². The fraction of sp³-hybridized carbons (Fsp3) is 0.393. The largest absolute Gasteiger partial charge is 0.453 e. The van der Waals surface area contributed by atoms with Crippen LogP contribution in [0.5, 0.6) is 11.5 Å². The van der Waals surface area contributed by atoms with E-state index in [4.69, 9.17) is 14.6 Å². The van der Waals surface area contributed by atoms with Gasteiger partial charge in [0.25, 0.3) is 0 Å². The third-order valence-electron chi connectivity index (χ3n) is 6.85. The van der Waals surface area contributed by atoms with Crippen LogP contribution in [0.2, 0.25) is 0 Å². The van der Waals surface area contributed by atoms with Crippen LogP contribution in [0.1, 0.15) is 62.9 Å². The van der Waals surface area contributed by atoms with Crippen molar-refractivity contribution < 1.29 is 14.6 Å². The molecule has 2 aliphatic rings. The molecule has 4 heterocycles. The van der Waals surface area contributed by atoms with E-state index in [9.17, 15) is 5.11 Å². The summed E-state index contributed by atoms with van der Waals surface area (Å²) in [6, 6.07) is 12.2. The number of fused-ring (bicyclic) bond motifs is 1. The number of nitrogens with zero attached hydrogens (tertiary/aromatic N) is 4. The fourth-order valence-electron chi connectivity index (χ4n) is 4.66. The first-order valence-electron chi connectivity index (χ1n) is 12.6. The summed E-state index contributed by atoms with van der Waals surface area (Å²) in [5.41, 5.74) is 3.21. The molecule has 1 aliphatic heterocycles. The Bertz CT molecular complexity index is 1380. The Morgan fingerprint density at radius 3 is 2.53 bits per heavy atom. The first-order valence-corrected chi connectivity index (χ1v) is 12.6. The zero-order valence-electron chi connectivity index (χ0n) is 20.6. The number of hydrogen-bond acceptors (Lipinski definition) is 7.